The Morgan fingerprint density at radius 2 is 1.95 bits per heavy atom. The molecule has 1 heterocycles. The molecule has 0 radical (unpaired) electrons. The zero-order chi connectivity index (χ0) is 13.2. The van der Waals surface area contributed by atoms with Crippen LogP contribution in [0, 0.1) is 11.3 Å². The standard InChI is InChI=1S/C15H14N4/c1-19(13-5-3-2-4-6-13)15-17-12(10-16)9-14(18-15)11-7-8-11/h2-6,9,11H,7-8H2,1H3. The SMILES string of the molecule is CN(c1ccccc1)c1nc(C#N)cc(C2CC2)n1. The van der Waals surface area contributed by atoms with Crippen molar-refractivity contribution in [3.05, 3.63) is 47.8 Å². The Hall–Kier alpha value is -2.41. The second-order valence-electron chi connectivity index (χ2n) is 4.76. The van der Waals surface area contributed by atoms with Crippen molar-refractivity contribution in [2.45, 2.75) is 18.8 Å². The van der Waals surface area contributed by atoms with Crippen LogP contribution in [0.3, 0.4) is 0 Å². The van der Waals surface area contributed by atoms with Crippen molar-refractivity contribution in [1.82, 2.24) is 9.97 Å². The molecule has 4 heteroatoms. The van der Waals surface area contributed by atoms with E-state index in [9.17, 15) is 0 Å². The van der Waals surface area contributed by atoms with Crippen LogP contribution in [-0.2, 0) is 0 Å². The molecule has 0 N–H and O–H groups in total. The summed E-state index contributed by atoms with van der Waals surface area (Å²) in [7, 11) is 1.92. The minimum Gasteiger partial charge on any atom is -0.314 e. The maximum atomic E-state index is 9.08. The third kappa shape index (κ3) is 2.41. The number of hydrogen-bond acceptors (Lipinski definition) is 4. The second kappa shape index (κ2) is 4.69. The van der Waals surface area contributed by atoms with Crippen LogP contribution < -0.4 is 4.90 Å². The Labute approximate surface area is 112 Å². The predicted octanol–water partition coefficient (Wildman–Crippen LogP) is 2.99. The fourth-order valence-electron chi connectivity index (χ4n) is 2.02. The molecule has 94 valence electrons. The van der Waals surface area contributed by atoms with Gasteiger partial charge in [-0.05, 0) is 31.0 Å². The van der Waals surface area contributed by atoms with E-state index in [2.05, 4.69) is 16.0 Å². The molecule has 4 nitrogen and oxygen atoms in total. The van der Waals surface area contributed by atoms with E-state index < -0.39 is 0 Å². The number of rotatable bonds is 3. The number of para-hydroxylation sites is 1. The van der Waals surface area contributed by atoms with Crippen LogP contribution in [0.1, 0.15) is 30.1 Å². The van der Waals surface area contributed by atoms with E-state index in [0.29, 0.717) is 17.6 Å². The lowest BCUT2D eigenvalue weighted by atomic mass is 10.2. The molecule has 0 spiro atoms. The molecule has 1 aliphatic rings. The summed E-state index contributed by atoms with van der Waals surface area (Å²) >= 11 is 0. The molecular weight excluding hydrogens is 236 g/mol. The third-order valence-corrected chi connectivity index (χ3v) is 3.29. The Morgan fingerprint density at radius 1 is 1.21 bits per heavy atom. The van der Waals surface area contributed by atoms with Gasteiger partial charge in [-0.1, -0.05) is 18.2 Å². The van der Waals surface area contributed by atoms with Gasteiger partial charge in [-0.15, -0.1) is 0 Å². The topological polar surface area (TPSA) is 52.8 Å². The molecule has 1 saturated carbocycles. The lowest BCUT2D eigenvalue weighted by Crippen LogP contribution is -2.14. The number of anilines is 2. The van der Waals surface area contributed by atoms with Crippen LogP contribution >= 0.6 is 0 Å². The molecule has 1 aromatic carbocycles. The molecule has 0 saturated heterocycles. The summed E-state index contributed by atoms with van der Waals surface area (Å²) in [5.41, 5.74) is 2.44. The summed E-state index contributed by atoms with van der Waals surface area (Å²) in [6.45, 7) is 0. The minimum atomic E-state index is 0.440. The average molecular weight is 250 g/mol. The highest BCUT2D eigenvalue weighted by atomic mass is 15.2. The van der Waals surface area contributed by atoms with Gasteiger partial charge in [0, 0.05) is 18.7 Å². The minimum absolute atomic E-state index is 0.440. The molecule has 0 unspecified atom stereocenters. The zero-order valence-electron chi connectivity index (χ0n) is 10.7. The summed E-state index contributed by atoms with van der Waals surface area (Å²) < 4.78 is 0. The largest absolute Gasteiger partial charge is 0.314 e. The van der Waals surface area contributed by atoms with Gasteiger partial charge in [0.25, 0.3) is 0 Å². The first-order valence-electron chi connectivity index (χ1n) is 6.36. The van der Waals surface area contributed by atoms with Crippen LogP contribution in [0.25, 0.3) is 0 Å². The van der Waals surface area contributed by atoms with Crippen LogP contribution in [0.4, 0.5) is 11.6 Å². The van der Waals surface area contributed by atoms with Gasteiger partial charge in [-0.3, -0.25) is 0 Å². The lowest BCUT2D eigenvalue weighted by Gasteiger charge is -2.17. The molecule has 19 heavy (non-hydrogen) atoms. The van der Waals surface area contributed by atoms with Crippen molar-refractivity contribution in [2.24, 2.45) is 0 Å². The number of nitrogens with zero attached hydrogens (tertiary/aromatic N) is 4. The van der Waals surface area contributed by atoms with E-state index in [4.69, 9.17) is 5.26 Å². The van der Waals surface area contributed by atoms with E-state index in [0.717, 1.165) is 24.2 Å². The van der Waals surface area contributed by atoms with Gasteiger partial charge in [0.1, 0.15) is 11.8 Å². The summed E-state index contributed by atoms with van der Waals surface area (Å²) in [6, 6.07) is 13.8. The smallest absolute Gasteiger partial charge is 0.231 e. The Balaban J connectivity index is 2.00. The third-order valence-electron chi connectivity index (χ3n) is 3.29. The summed E-state index contributed by atoms with van der Waals surface area (Å²) in [6.07, 6.45) is 2.33. The molecule has 1 aromatic heterocycles. The van der Waals surface area contributed by atoms with E-state index in [1.54, 1.807) is 6.07 Å². The lowest BCUT2D eigenvalue weighted by molar-refractivity contribution is 0.946. The predicted molar refractivity (Wildman–Crippen MR) is 73.2 cm³/mol. The first kappa shape index (κ1) is 11.7. The van der Waals surface area contributed by atoms with Gasteiger partial charge in [0.2, 0.25) is 5.95 Å². The Bertz CT molecular complexity index is 626. The number of aromatic nitrogens is 2. The van der Waals surface area contributed by atoms with Crippen LogP contribution in [0.15, 0.2) is 36.4 Å². The molecule has 3 rings (SSSR count). The van der Waals surface area contributed by atoms with Crippen molar-refractivity contribution in [1.29, 1.82) is 5.26 Å². The van der Waals surface area contributed by atoms with E-state index in [1.165, 1.54) is 0 Å². The first-order chi connectivity index (χ1) is 9.28. The van der Waals surface area contributed by atoms with Crippen LogP contribution in [0.2, 0.25) is 0 Å². The number of hydrogen-bond donors (Lipinski definition) is 0. The van der Waals surface area contributed by atoms with Gasteiger partial charge in [-0.25, -0.2) is 9.97 Å². The molecule has 0 aliphatic heterocycles. The first-order valence-corrected chi connectivity index (χ1v) is 6.36. The number of benzene rings is 1. The van der Waals surface area contributed by atoms with Gasteiger partial charge < -0.3 is 4.90 Å². The average Bonchev–Trinajstić information content (AvgIpc) is 3.31. The molecular formula is C15H14N4. The monoisotopic (exact) mass is 250 g/mol. The molecule has 2 aromatic rings. The summed E-state index contributed by atoms with van der Waals surface area (Å²) in [4.78, 5) is 10.8. The van der Waals surface area contributed by atoms with Crippen LogP contribution in [0.5, 0.6) is 0 Å². The fraction of sp³-hybridized carbons (Fsp3) is 0.267. The highest BCUT2D eigenvalue weighted by Gasteiger charge is 2.26. The van der Waals surface area contributed by atoms with Crippen molar-refractivity contribution < 1.29 is 0 Å². The molecule has 1 aliphatic carbocycles. The summed E-state index contributed by atoms with van der Waals surface area (Å²) in [5.74, 6) is 1.10. The Kier molecular flexibility index (Phi) is 2.88. The second-order valence-corrected chi connectivity index (χ2v) is 4.76. The van der Waals surface area contributed by atoms with E-state index in [-0.39, 0.29) is 0 Å². The fourth-order valence-corrected chi connectivity index (χ4v) is 2.02. The van der Waals surface area contributed by atoms with Gasteiger partial charge in [-0.2, -0.15) is 5.26 Å². The maximum absolute atomic E-state index is 9.08. The quantitative estimate of drug-likeness (QED) is 0.840. The normalized spacial score (nSPS) is 13.9. The van der Waals surface area contributed by atoms with E-state index in [1.807, 2.05) is 42.3 Å². The van der Waals surface area contributed by atoms with Gasteiger partial charge >= 0.3 is 0 Å². The number of nitriles is 1. The highest BCUT2D eigenvalue weighted by Crippen LogP contribution is 2.39. The molecule has 0 bridgehead atoms. The van der Waals surface area contributed by atoms with Gasteiger partial charge in [0.05, 0.1) is 5.69 Å². The molecule has 0 atom stereocenters. The van der Waals surface area contributed by atoms with Crippen LogP contribution in [-0.4, -0.2) is 17.0 Å². The molecule has 0 amide bonds. The van der Waals surface area contributed by atoms with Crippen molar-refractivity contribution in [2.75, 3.05) is 11.9 Å². The zero-order valence-corrected chi connectivity index (χ0v) is 10.7. The van der Waals surface area contributed by atoms with E-state index >= 15 is 0 Å². The highest BCUT2D eigenvalue weighted by molar-refractivity contribution is 5.56. The van der Waals surface area contributed by atoms with Gasteiger partial charge in [0.15, 0.2) is 0 Å². The van der Waals surface area contributed by atoms with Crippen molar-refractivity contribution >= 4 is 11.6 Å². The van der Waals surface area contributed by atoms with Crippen molar-refractivity contribution in [3.63, 3.8) is 0 Å². The Morgan fingerprint density at radius 3 is 2.58 bits per heavy atom. The maximum Gasteiger partial charge on any atom is 0.231 e. The summed E-state index contributed by atoms with van der Waals surface area (Å²) in [5, 5.41) is 9.08. The molecule has 1 fully saturated rings. The van der Waals surface area contributed by atoms with Crippen molar-refractivity contribution in [3.8, 4) is 6.07 Å².